The number of benzene rings is 1. The van der Waals surface area contributed by atoms with E-state index in [0.29, 0.717) is 0 Å². The number of likely N-dealkylation sites (tertiary alicyclic amines) is 1. The minimum atomic E-state index is -1.09. The van der Waals surface area contributed by atoms with Crippen LogP contribution in [0.15, 0.2) is 24.3 Å². The minimum Gasteiger partial charge on any atom is -0.456 e. The van der Waals surface area contributed by atoms with Crippen molar-refractivity contribution in [1.29, 1.82) is 0 Å². The predicted molar refractivity (Wildman–Crippen MR) is 107 cm³/mol. The van der Waals surface area contributed by atoms with Gasteiger partial charge in [0.25, 0.3) is 5.69 Å². The Labute approximate surface area is 178 Å². The molecule has 0 spiro atoms. The van der Waals surface area contributed by atoms with Crippen LogP contribution in [0, 0.1) is 39.7 Å². The van der Waals surface area contributed by atoms with Crippen LogP contribution in [0.4, 0.5) is 5.69 Å². The molecule has 1 aromatic rings. The number of hydrogen-bond donors (Lipinski definition) is 0. The summed E-state index contributed by atoms with van der Waals surface area (Å²) in [7, 11) is 0. The normalized spacial score (nSPS) is 27.5. The first-order valence-electron chi connectivity index (χ1n) is 10.5. The van der Waals surface area contributed by atoms with Crippen molar-refractivity contribution in [3.05, 3.63) is 39.9 Å². The quantitative estimate of drug-likeness (QED) is 0.215. The van der Waals surface area contributed by atoms with Crippen LogP contribution in [0.1, 0.15) is 43.5 Å². The van der Waals surface area contributed by atoms with Gasteiger partial charge in [-0.15, -0.1) is 0 Å². The van der Waals surface area contributed by atoms with Gasteiger partial charge in [-0.2, -0.15) is 0 Å². The summed E-state index contributed by atoms with van der Waals surface area (Å²) in [4.78, 5) is 62.7. The van der Waals surface area contributed by atoms with E-state index in [2.05, 4.69) is 0 Å². The molecule has 9 heteroatoms. The second-order valence-electron chi connectivity index (χ2n) is 8.96. The van der Waals surface area contributed by atoms with Crippen LogP contribution in [0.25, 0.3) is 0 Å². The van der Waals surface area contributed by atoms with Crippen molar-refractivity contribution in [3.63, 3.8) is 0 Å². The smallest absolute Gasteiger partial charge is 0.330 e. The summed E-state index contributed by atoms with van der Waals surface area (Å²) >= 11 is 0. The molecule has 1 aliphatic heterocycles. The van der Waals surface area contributed by atoms with Gasteiger partial charge in [0.2, 0.25) is 17.6 Å². The lowest BCUT2D eigenvalue weighted by molar-refractivity contribution is -0.384. The fraction of sp³-hybridized carbons (Fsp3) is 0.545. The van der Waals surface area contributed by atoms with Gasteiger partial charge in [0.1, 0.15) is 6.04 Å². The lowest BCUT2D eigenvalue weighted by Gasteiger charge is -2.28. The Kier molecular flexibility index (Phi) is 5.36. The summed E-state index contributed by atoms with van der Waals surface area (Å²) in [6.07, 6.45) is 2.77. The number of imide groups is 1. The van der Waals surface area contributed by atoms with E-state index in [9.17, 15) is 29.3 Å². The summed E-state index contributed by atoms with van der Waals surface area (Å²) in [5.41, 5.74) is -0.200. The van der Waals surface area contributed by atoms with Crippen LogP contribution < -0.4 is 0 Å². The molecule has 0 unspecified atom stereocenters. The number of Topliss-reactive ketones (excluding diaryl/α,β-unsaturated/α-hetero) is 1. The Balaban J connectivity index is 1.47. The third-order valence-electron chi connectivity index (χ3n) is 6.84. The van der Waals surface area contributed by atoms with E-state index in [0.717, 1.165) is 30.2 Å². The molecule has 1 heterocycles. The largest absolute Gasteiger partial charge is 0.456 e. The monoisotopic (exact) mass is 428 g/mol. The van der Waals surface area contributed by atoms with Gasteiger partial charge in [0.15, 0.2) is 6.61 Å². The SMILES string of the molecule is CC(C)[C@H](C(=O)OCC(=O)c1cccc([N+](=O)[O-])c1)N1C(=O)[C@@H]2[C@H]3CC[C@@H](C3)[C@H]2C1=O. The Bertz CT molecular complexity index is 944. The fourth-order valence-electron chi connectivity index (χ4n) is 5.48. The molecule has 0 aromatic heterocycles. The minimum absolute atomic E-state index is 0.0440. The maximum atomic E-state index is 13.1. The Hall–Kier alpha value is -3.10. The number of esters is 1. The lowest BCUT2D eigenvalue weighted by atomic mass is 9.81. The van der Waals surface area contributed by atoms with E-state index in [4.69, 9.17) is 4.74 Å². The highest BCUT2D eigenvalue weighted by Gasteiger charge is 2.62. The number of hydrogen-bond acceptors (Lipinski definition) is 7. The van der Waals surface area contributed by atoms with Gasteiger partial charge in [-0.3, -0.25) is 29.4 Å². The van der Waals surface area contributed by atoms with E-state index in [1.54, 1.807) is 13.8 Å². The number of fused-ring (bicyclic) bond motifs is 5. The Morgan fingerprint density at radius 1 is 1.16 bits per heavy atom. The van der Waals surface area contributed by atoms with E-state index < -0.39 is 29.3 Å². The zero-order valence-electron chi connectivity index (χ0n) is 17.4. The summed E-state index contributed by atoms with van der Waals surface area (Å²) in [6, 6.07) is 4.04. The summed E-state index contributed by atoms with van der Waals surface area (Å²) in [6.45, 7) is 2.81. The zero-order valence-corrected chi connectivity index (χ0v) is 17.4. The van der Waals surface area contributed by atoms with Gasteiger partial charge >= 0.3 is 5.97 Å². The first-order chi connectivity index (χ1) is 14.7. The number of ketones is 1. The molecule has 0 radical (unpaired) electrons. The van der Waals surface area contributed by atoms with Crippen LogP contribution in [-0.2, 0) is 19.1 Å². The van der Waals surface area contributed by atoms with Gasteiger partial charge in [-0.05, 0) is 37.0 Å². The van der Waals surface area contributed by atoms with E-state index in [-0.39, 0.29) is 52.7 Å². The molecule has 5 atom stereocenters. The molecule has 1 saturated heterocycles. The number of nitro groups is 1. The second-order valence-corrected chi connectivity index (χ2v) is 8.96. The number of nitro benzene ring substituents is 1. The highest BCUT2D eigenvalue weighted by molar-refractivity contribution is 6.09. The molecular formula is C22H24N2O7. The van der Waals surface area contributed by atoms with Crippen LogP contribution in [-0.4, -0.2) is 46.0 Å². The third kappa shape index (κ3) is 3.51. The molecule has 164 valence electrons. The van der Waals surface area contributed by atoms with Gasteiger partial charge in [-0.1, -0.05) is 26.0 Å². The lowest BCUT2D eigenvalue weighted by Crippen LogP contribution is -2.50. The van der Waals surface area contributed by atoms with Crippen molar-refractivity contribution in [1.82, 2.24) is 4.90 Å². The predicted octanol–water partition coefficient (Wildman–Crippen LogP) is 2.38. The molecule has 31 heavy (non-hydrogen) atoms. The summed E-state index contributed by atoms with van der Waals surface area (Å²) in [5, 5.41) is 10.9. The fourth-order valence-corrected chi connectivity index (χ4v) is 5.48. The Morgan fingerprint density at radius 2 is 1.77 bits per heavy atom. The number of nitrogens with zero attached hydrogens (tertiary/aromatic N) is 2. The number of carbonyl (C=O) groups is 4. The molecule has 3 aliphatic rings. The molecule has 4 rings (SSSR count). The van der Waals surface area contributed by atoms with E-state index in [1.165, 1.54) is 18.2 Å². The van der Waals surface area contributed by atoms with Crippen molar-refractivity contribution in [3.8, 4) is 0 Å². The molecule has 3 fully saturated rings. The average Bonchev–Trinajstić information content (AvgIpc) is 3.42. The first-order valence-corrected chi connectivity index (χ1v) is 10.5. The Morgan fingerprint density at radius 3 is 2.32 bits per heavy atom. The van der Waals surface area contributed by atoms with E-state index >= 15 is 0 Å². The molecule has 1 aromatic carbocycles. The molecular weight excluding hydrogens is 404 g/mol. The number of rotatable bonds is 7. The second kappa shape index (κ2) is 7.86. The number of carbonyl (C=O) groups excluding carboxylic acids is 4. The maximum Gasteiger partial charge on any atom is 0.330 e. The first kappa shape index (κ1) is 21.1. The van der Waals surface area contributed by atoms with Crippen molar-refractivity contribution >= 4 is 29.3 Å². The molecule has 2 bridgehead atoms. The summed E-state index contributed by atoms with van der Waals surface area (Å²) < 4.78 is 5.18. The van der Waals surface area contributed by atoms with Gasteiger partial charge in [0.05, 0.1) is 16.8 Å². The van der Waals surface area contributed by atoms with Crippen LogP contribution >= 0.6 is 0 Å². The van der Waals surface area contributed by atoms with Crippen LogP contribution in [0.3, 0.4) is 0 Å². The molecule has 2 aliphatic carbocycles. The molecule has 9 nitrogen and oxygen atoms in total. The topological polar surface area (TPSA) is 124 Å². The number of ether oxygens (including phenoxy) is 1. The van der Waals surface area contributed by atoms with Gasteiger partial charge < -0.3 is 4.74 Å². The van der Waals surface area contributed by atoms with Crippen molar-refractivity contribution in [2.75, 3.05) is 6.61 Å². The molecule has 0 N–H and O–H groups in total. The third-order valence-corrected chi connectivity index (χ3v) is 6.84. The van der Waals surface area contributed by atoms with Crippen molar-refractivity contribution in [2.45, 2.75) is 39.2 Å². The molecule has 2 saturated carbocycles. The maximum absolute atomic E-state index is 13.1. The highest BCUT2D eigenvalue weighted by atomic mass is 16.6. The number of non-ortho nitro benzene ring substituents is 1. The van der Waals surface area contributed by atoms with Gasteiger partial charge in [-0.25, -0.2) is 4.79 Å². The van der Waals surface area contributed by atoms with Crippen molar-refractivity contribution < 1.29 is 28.8 Å². The zero-order chi connectivity index (χ0) is 22.4. The summed E-state index contributed by atoms with van der Waals surface area (Å²) in [5.74, 6) is -2.68. The van der Waals surface area contributed by atoms with Crippen LogP contribution in [0.5, 0.6) is 0 Å². The standard InChI is InChI=1S/C22H24N2O7/c1-11(2)19(23-20(26)17-13-6-7-14(8-13)18(17)21(23)27)22(28)31-10-16(25)12-4-3-5-15(9-12)24(29)30/h3-5,9,11,13-14,17-19H,6-8,10H2,1-2H3/t13-,14-,17+,18+,19+/m0/s1. The average molecular weight is 428 g/mol. The van der Waals surface area contributed by atoms with E-state index in [1.807, 2.05) is 0 Å². The number of amides is 2. The van der Waals surface area contributed by atoms with Crippen molar-refractivity contribution in [2.24, 2.45) is 29.6 Å². The highest BCUT2D eigenvalue weighted by Crippen LogP contribution is 2.56. The molecule has 2 amide bonds. The van der Waals surface area contributed by atoms with Crippen LogP contribution in [0.2, 0.25) is 0 Å². The van der Waals surface area contributed by atoms with Gasteiger partial charge in [0, 0.05) is 17.7 Å².